The molecule has 1 aliphatic heterocycles. The first-order chi connectivity index (χ1) is 11.9. The van der Waals surface area contributed by atoms with Crippen LogP contribution in [0.1, 0.15) is 15.9 Å². The van der Waals surface area contributed by atoms with E-state index in [2.05, 4.69) is 21.2 Å². The van der Waals surface area contributed by atoms with E-state index in [-0.39, 0.29) is 11.1 Å². The van der Waals surface area contributed by atoms with Crippen LogP contribution in [0.15, 0.2) is 51.8 Å². The maximum atomic E-state index is 12.1. The van der Waals surface area contributed by atoms with Gasteiger partial charge in [-0.25, -0.2) is 4.79 Å². The average Bonchev–Trinajstić information content (AvgIpc) is 2.88. The first-order valence-corrected chi connectivity index (χ1v) is 8.98. The molecule has 1 amide bonds. The van der Waals surface area contributed by atoms with Gasteiger partial charge in [0, 0.05) is 5.02 Å². The molecule has 1 fully saturated rings. The van der Waals surface area contributed by atoms with Gasteiger partial charge in [0.2, 0.25) is 0 Å². The molecule has 3 rings (SSSR count). The molecule has 1 aliphatic rings. The molecule has 25 heavy (non-hydrogen) atoms. The van der Waals surface area contributed by atoms with E-state index in [1.54, 1.807) is 48.5 Å². The lowest BCUT2D eigenvalue weighted by Gasteiger charge is -2.07. The molecule has 2 N–H and O–H groups in total. The van der Waals surface area contributed by atoms with Crippen molar-refractivity contribution < 1.29 is 14.3 Å². The molecule has 8 heteroatoms. The van der Waals surface area contributed by atoms with Crippen molar-refractivity contribution >= 4 is 62.4 Å². The van der Waals surface area contributed by atoms with Gasteiger partial charge in [0.15, 0.2) is 5.17 Å². The quantitative estimate of drug-likeness (QED) is 0.422. The third-order valence-electron chi connectivity index (χ3n) is 3.20. The highest BCUT2D eigenvalue weighted by molar-refractivity contribution is 9.10. The molecule has 0 aromatic heterocycles. The Morgan fingerprint density at radius 3 is 2.56 bits per heavy atom. The third kappa shape index (κ3) is 4.31. The zero-order chi connectivity index (χ0) is 18.0. The molecule has 0 bridgehead atoms. The Morgan fingerprint density at radius 1 is 1.24 bits per heavy atom. The largest absolute Gasteiger partial charge is 0.422 e. The fraction of sp³-hybridized carbons (Fsp3) is 0. The van der Waals surface area contributed by atoms with E-state index in [1.807, 2.05) is 0 Å². The molecular weight excluding hydrogens is 428 g/mol. The predicted molar refractivity (Wildman–Crippen MR) is 102 cm³/mol. The van der Waals surface area contributed by atoms with E-state index in [9.17, 15) is 9.59 Å². The highest BCUT2D eigenvalue weighted by Crippen LogP contribution is 2.30. The Bertz CT molecular complexity index is 913. The second kappa shape index (κ2) is 7.43. The Balaban J connectivity index is 1.77. The minimum absolute atomic E-state index is 0.101. The number of nitrogens with one attached hydrogen (secondary N) is 2. The van der Waals surface area contributed by atoms with E-state index in [0.717, 1.165) is 17.3 Å². The van der Waals surface area contributed by atoms with Gasteiger partial charge in [-0.15, -0.1) is 0 Å². The van der Waals surface area contributed by atoms with Gasteiger partial charge in [-0.2, -0.15) is 0 Å². The topological polar surface area (TPSA) is 79.2 Å². The number of halogens is 2. The summed E-state index contributed by atoms with van der Waals surface area (Å²) in [6.45, 7) is 0. The van der Waals surface area contributed by atoms with Crippen LogP contribution in [0.25, 0.3) is 6.08 Å². The summed E-state index contributed by atoms with van der Waals surface area (Å²) < 4.78 is 5.94. The van der Waals surface area contributed by atoms with Gasteiger partial charge in [-0.3, -0.25) is 10.2 Å². The summed E-state index contributed by atoms with van der Waals surface area (Å²) in [4.78, 5) is 24.2. The Labute approximate surface area is 161 Å². The second-order valence-electron chi connectivity index (χ2n) is 4.98. The molecule has 0 unspecified atom stereocenters. The van der Waals surface area contributed by atoms with E-state index in [0.29, 0.717) is 25.7 Å². The summed E-state index contributed by atoms with van der Waals surface area (Å²) in [5.74, 6) is -0.439. The van der Waals surface area contributed by atoms with Gasteiger partial charge in [0.25, 0.3) is 5.91 Å². The number of amides is 1. The van der Waals surface area contributed by atoms with E-state index >= 15 is 0 Å². The van der Waals surface area contributed by atoms with Crippen molar-refractivity contribution in [2.24, 2.45) is 0 Å². The maximum Gasteiger partial charge on any atom is 0.343 e. The zero-order valence-electron chi connectivity index (χ0n) is 12.5. The molecule has 5 nitrogen and oxygen atoms in total. The summed E-state index contributed by atoms with van der Waals surface area (Å²) in [5, 5.41) is 10.5. The summed E-state index contributed by atoms with van der Waals surface area (Å²) in [6.07, 6.45) is 1.66. The average molecular weight is 438 g/mol. The monoisotopic (exact) mass is 436 g/mol. The van der Waals surface area contributed by atoms with Crippen LogP contribution in [0.3, 0.4) is 0 Å². The Hall–Kier alpha value is -2.09. The molecule has 2 aromatic rings. The van der Waals surface area contributed by atoms with Gasteiger partial charge in [0.05, 0.1) is 14.9 Å². The fourth-order valence-corrected chi connectivity index (χ4v) is 3.33. The number of thioether (sulfide) groups is 1. The predicted octanol–water partition coefficient (Wildman–Crippen LogP) is 4.46. The lowest BCUT2D eigenvalue weighted by molar-refractivity contribution is -0.115. The summed E-state index contributed by atoms with van der Waals surface area (Å²) in [5.41, 5.74) is 1.13. The van der Waals surface area contributed by atoms with Crippen molar-refractivity contribution in [1.29, 1.82) is 5.41 Å². The number of carbonyl (C=O) groups excluding carboxylic acids is 2. The molecule has 0 aliphatic carbocycles. The van der Waals surface area contributed by atoms with E-state index < -0.39 is 5.97 Å². The molecule has 1 heterocycles. The SMILES string of the molecule is N=C1NC(=O)C(=Cc2ccc(OC(=O)c3ccc(Cl)cc3)c(Br)c2)S1. The maximum absolute atomic E-state index is 12.1. The van der Waals surface area contributed by atoms with Crippen LogP contribution in [0, 0.1) is 5.41 Å². The van der Waals surface area contributed by atoms with E-state index in [4.69, 9.17) is 21.7 Å². The van der Waals surface area contributed by atoms with Crippen molar-refractivity contribution in [2.75, 3.05) is 0 Å². The third-order valence-corrected chi connectivity index (χ3v) is 4.90. The first-order valence-electron chi connectivity index (χ1n) is 6.99. The van der Waals surface area contributed by atoms with Crippen LogP contribution in [0.5, 0.6) is 5.75 Å². The van der Waals surface area contributed by atoms with Crippen molar-refractivity contribution in [1.82, 2.24) is 5.32 Å². The molecule has 0 saturated carbocycles. The number of carbonyl (C=O) groups is 2. The first kappa shape index (κ1) is 17.7. The molecule has 126 valence electrons. The van der Waals surface area contributed by atoms with Gasteiger partial charge in [0.1, 0.15) is 5.75 Å². The number of benzene rings is 2. The summed E-state index contributed by atoms with van der Waals surface area (Å²) in [7, 11) is 0. The number of hydrogen-bond acceptors (Lipinski definition) is 5. The van der Waals surface area contributed by atoms with Crippen LogP contribution >= 0.6 is 39.3 Å². The minimum atomic E-state index is -0.498. The standard InChI is InChI=1S/C17H10BrClN2O3S/c18-12-7-9(8-14-15(22)21-17(20)25-14)1-6-13(12)24-16(23)10-2-4-11(19)5-3-10/h1-8H,(H2,20,21,22). The molecule has 0 spiro atoms. The van der Waals surface area contributed by atoms with Crippen LogP contribution in [0.2, 0.25) is 5.02 Å². The van der Waals surface area contributed by atoms with Crippen LogP contribution in [-0.4, -0.2) is 17.0 Å². The molecule has 1 saturated heterocycles. The smallest absolute Gasteiger partial charge is 0.343 e. The second-order valence-corrected chi connectivity index (χ2v) is 7.32. The number of rotatable bonds is 3. The number of amidine groups is 1. The lowest BCUT2D eigenvalue weighted by atomic mass is 10.2. The normalized spacial score (nSPS) is 15.4. The summed E-state index contributed by atoms with van der Waals surface area (Å²) in [6, 6.07) is 11.5. The number of hydrogen-bond donors (Lipinski definition) is 2. The number of esters is 1. The molecule has 0 atom stereocenters. The van der Waals surface area contributed by atoms with Gasteiger partial charge in [-0.05, 0) is 75.7 Å². The Kier molecular flexibility index (Phi) is 5.27. The molecular formula is C17H10BrClN2O3S. The summed E-state index contributed by atoms with van der Waals surface area (Å²) >= 11 is 10.2. The van der Waals surface area contributed by atoms with Crippen molar-refractivity contribution in [3.8, 4) is 5.75 Å². The molecule has 0 radical (unpaired) electrons. The van der Waals surface area contributed by atoms with Gasteiger partial charge >= 0.3 is 5.97 Å². The van der Waals surface area contributed by atoms with Crippen molar-refractivity contribution in [3.05, 3.63) is 68.0 Å². The minimum Gasteiger partial charge on any atom is -0.422 e. The van der Waals surface area contributed by atoms with Crippen LogP contribution < -0.4 is 10.1 Å². The van der Waals surface area contributed by atoms with Gasteiger partial charge in [-0.1, -0.05) is 17.7 Å². The zero-order valence-corrected chi connectivity index (χ0v) is 15.7. The van der Waals surface area contributed by atoms with Crippen LogP contribution in [-0.2, 0) is 4.79 Å². The van der Waals surface area contributed by atoms with Crippen molar-refractivity contribution in [3.63, 3.8) is 0 Å². The highest BCUT2D eigenvalue weighted by atomic mass is 79.9. The lowest BCUT2D eigenvalue weighted by Crippen LogP contribution is -2.18. The number of ether oxygens (including phenoxy) is 1. The van der Waals surface area contributed by atoms with Crippen LogP contribution in [0.4, 0.5) is 0 Å². The highest BCUT2D eigenvalue weighted by Gasteiger charge is 2.22. The van der Waals surface area contributed by atoms with E-state index in [1.165, 1.54) is 0 Å². The van der Waals surface area contributed by atoms with Crippen molar-refractivity contribution in [2.45, 2.75) is 0 Å². The van der Waals surface area contributed by atoms with Gasteiger partial charge < -0.3 is 10.1 Å². The Morgan fingerprint density at radius 2 is 1.96 bits per heavy atom. The molecule has 2 aromatic carbocycles. The fourth-order valence-electron chi connectivity index (χ4n) is 2.03.